The Hall–Kier alpha value is -3.34. The van der Waals surface area contributed by atoms with Crippen molar-refractivity contribution in [3.05, 3.63) is 83.4 Å². The van der Waals surface area contributed by atoms with Gasteiger partial charge in [-0.1, -0.05) is 48.5 Å². The zero-order chi connectivity index (χ0) is 20.6. The predicted molar refractivity (Wildman–Crippen MR) is 120 cm³/mol. The Morgan fingerprint density at radius 2 is 1.59 bits per heavy atom. The van der Waals surface area contributed by atoms with Crippen molar-refractivity contribution in [1.82, 2.24) is 15.5 Å². The molecule has 0 saturated heterocycles. The first kappa shape index (κ1) is 20.4. The van der Waals surface area contributed by atoms with E-state index in [9.17, 15) is 4.79 Å². The van der Waals surface area contributed by atoms with E-state index in [1.807, 2.05) is 24.3 Å². The van der Waals surface area contributed by atoms with Gasteiger partial charge < -0.3 is 15.5 Å². The zero-order valence-electron chi connectivity index (χ0n) is 17.3. The highest BCUT2D eigenvalue weighted by Gasteiger charge is 2.07. The molecule has 0 aliphatic heterocycles. The molecule has 5 nitrogen and oxygen atoms in total. The molecule has 0 radical (unpaired) electrons. The van der Waals surface area contributed by atoms with E-state index in [1.54, 1.807) is 19.0 Å². The monoisotopic (exact) mass is 388 g/mol. The first-order chi connectivity index (χ1) is 14.1. The molecule has 0 saturated carbocycles. The van der Waals surface area contributed by atoms with E-state index in [0.717, 1.165) is 18.1 Å². The molecule has 3 aromatic carbocycles. The third-order valence-electron chi connectivity index (χ3n) is 4.64. The van der Waals surface area contributed by atoms with Gasteiger partial charge in [0.05, 0.1) is 6.54 Å². The lowest BCUT2D eigenvalue weighted by Crippen LogP contribution is -2.36. The summed E-state index contributed by atoms with van der Waals surface area (Å²) < 4.78 is 0. The molecule has 0 spiro atoms. The van der Waals surface area contributed by atoms with Crippen LogP contribution in [0, 0.1) is 0 Å². The maximum atomic E-state index is 12.0. The van der Waals surface area contributed by atoms with Crippen LogP contribution in [0.4, 0.5) is 0 Å². The van der Waals surface area contributed by atoms with E-state index < -0.39 is 0 Å². The average molecular weight is 389 g/mol. The number of nitrogens with zero attached hydrogens (tertiary/aromatic N) is 2. The Morgan fingerprint density at radius 3 is 2.28 bits per heavy atom. The van der Waals surface area contributed by atoms with Gasteiger partial charge in [-0.25, -0.2) is 4.99 Å². The highest BCUT2D eigenvalue weighted by Crippen LogP contribution is 2.16. The van der Waals surface area contributed by atoms with Gasteiger partial charge in [0.25, 0.3) is 5.91 Å². The van der Waals surface area contributed by atoms with Gasteiger partial charge in [-0.2, -0.15) is 0 Å². The number of amides is 1. The van der Waals surface area contributed by atoms with Crippen LogP contribution in [0.5, 0.6) is 0 Å². The molecule has 0 aromatic heterocycles. The Labute approximate surface area is 172 Å². The number of rotatable bonds is 6. The van der Waals surface area contributed by atoms with Crippen LogP contribution >= 0.6 is 0 Å². The van der Waals surface area contributed by atoms with Crippen LogP contribution < -0.4 is 10.6 Å². The van der Waals surface area contributed by atoms with Gasteiger partial charge in [0.15, 0.2) is 5.96 Å². The van der Waals surface area contributed by atoms with Gasteiger partial charge in [-0.15, -0.1) is 0 Å². The average Bonchev–Trinajstić information content (AvgIpc) is 2.75. The quantitative estimate of drug-likeness (QED) is 0.499. The molecule has 0 fully saturated rings. The highest BCUT2D eigenvalue weighted by atomic mass is 16.2. The number of guanidine groups is 1. The van der Waals surface area contributed by atoms with E-state index in [-0.39, 0.29) is 5.91 Å². The normalized spacial score (nSPS) is 11.3. The first-order valence-corrected chi connectivity index (χ1v) is 9.87. The van der Waals surface area contributed by atoms with Crippen LogP contribution in [0.25, 0.3) is 10.8 Å². The lowest BCUT2D eigenvalue weighted by Gasteiger charge is -2.13. The van der Waals surface area contributed by atoms with Crippen molar-refractivity contribution >= 4 is 22.6 Å². The van der Waals surface area contributed by atoms with Crippen molar-refractivity contribution in [2.75, 3.05) is 20.6 Å². The van der Waals surface area contributed by atoms with Crippen LogP contribution in [0.1, 0.15) is 28.4 Å². The third-order valence-corrected chi connectivity index (χ3v) is 4.64. The van der Waals surface area contributed by atoms with Crippen LogP contribution in [0.3, 0.4) is 0 Å². The Morgan fingerprint density at radius 1 is 0.897 bits per heavy atom. The maximum absolute atomic E-state index is 12.0. The van der Waals surface area contributed by atoms with E-state index in [1.165, 1.54) is 16.3 Å². The first-order valence-electron chi connectivity index (χ1n) is 9.87. The second kappa shape index (κ2) is 9.73. The lowest BCUT2D eigenvalue weighted by molar-refractivity contribution is 0.0827. The molecule has 0 aliphatic carbocycles. The van der Waals surface area contributed by atoms with Crippen molar-refractivity contribution in [2.24, 2.45) is 4.99 Å². The van der Waals surface area contributed by atoms with E-state index in [4.69, 9.17) is 4.99 Å². The summed E-state index contributed by atoms with van der Waals surface area (Å²) in [6.07, 6.45) is 0. The van der Waals surface area contributed by atoms with Crippen molar-refractivity contribution < 1.29 is 4.79 Å². The fourth-order valence-corrected chi connectivity index (χ4v) is 3.06. The molecule has 3 aromatic rings. The summed E-state index contributed by atoms with van der Waals surface area (Å²) in [6, 6.07) is 22.4. The molecule has 5 heteroatoms. The molecule has 0 aliphatic rings. The molecule has 1 amide bonds. The van der Waals surface area contributed by atoms with Crippen LogP contribution in [-0.4, -0.2) is 37.4 Å². The van der Waals surface area contributed by atoms with E-state index >= 15 is 0 Å². The SMILES string of the molecule is CCNC(=NCc1ccc2ccccc2c1)NCc1ccc(C(=O)N(C)C)cc1. The number of hydrogen-bond acceptors (Lipinski definition) is 2. The molecular formula is C24H28N4O. The van der Waals surface area contributed by atoms with Crippen molar-refractivity contribution in [1.29, 1.82) is 0 Å². The van der Waals surface area contributed by atoms with Crippen LogP contribution in [0.2, 0.25) is 0 Å². The molecule has 29 heavy (non-hydrogen) atoms. The Balaban J connectivity index is 1.63. The number of hydrogen-bond donors (Lipinski definition) is 2. The minimum absolute atomic E-state index is 0.00907. The second-order valence-corrected chi connectivity index (χ2v) is 7.13. The van der Waals surface area contributed by atoms with Crippen molar-refractivity contribution in [2.45, 2.75) is 20.0 Å². The van der Waals surface area contributed by atoms with Crippen LogP contribution in [-0.2, 0) is 13.1 Å². The topological polar surface area (TPSA) is 56.7 Å². The fraction of sp³-hybridized carbons (Fsp3) is 0.250. The van der Waals surface area contributed by atoms with Gasteiger partial charge >= 0.3 is 0 Å². The summed E-state index contributed by atoms with van der Waals surface area (Å²) in [5.74, 6) is 0.781. The van der Waals surface area contributed by atoms with Gasteiger partial charge in [-0.3, -0.25) is 4.79 Å². The largest absolute Gasteiger partial charge is 0.357 e. The summed E-state index contributed by atoms with van der Waals surface area (Å²) >= 11 is 0. The van der Waals surface area contributed by atoms with E-state index in [2.05, 4.69) is 60.0 Å². The zero-order valence-corrected chi connectivity index (χ0v) is 17.3. The van der Waals surface area contributed by atoms with Crippen molar-refractivity contribution in [3.63, 3.8) is 0 Å². The van der Waals surface area contributed by atoms with Crippen molar-refractivity contribution in [3.8, 4) is 0 Å². The second-order valence-electron chi connectivity index (χ2n) is 7.13. The number of carbonyl (C=O) groups is 1. The fourth-order valence-electron chi connectivity index (χ4n) is 3.06. The molecule has 3 rings (SSSR count). The van der Waals surface area contributed by atoms with Gasteiger partial charge in [0.1, 0.15) is 0 Å². The third kappa shape index (κ3) is 5.57. The Kier molecular flexibility index (Phi) is 6.85. The van der Waals surface area contributed by atoms with Gasteiger partial charge in [0, 0.05) is 32.7 Å². The molecular weight excluding hydrogens is 360 g/mol. The number of benzene rings is 3. The smallest absolute Gasteiger partial charge is 0.253 e. The molecule has 150 valence electrons. The van der Waals surface area contributed by atoms with E-state index in [0.29, 0.717) is 18.7 Å². The molecule has 0 bridgehead atoms. The van der Waals surface area contributed by atoms with Gasteiger partial charge in [-0.05, 0) is 47.0 Å². The summed E-state index contributed by atoms with van der Waals surface area (Å²) in [5.41, 5.74) is 2.96. The maximum Gasteiger partial charge on any atom is 0.253 e. The molecule has 2 N–H and O–H groups in total. The Bertz CT molecular complexity index is 993. The summed E-state index contributed by atoms with van der Waals surface area (Å²) in [4.78, 5) is 18.3. The molecule has 0 unspecified atom stereocenters. The standard InChI is InChI=1S/C24H28N4O/c1-4-25-24(26-16-18-9-13-21(14-10-18)23(29)28(2)3)27-17-19-11-12-20-7-5-6-8-22(20)15-19/h5-15H,4,16-17H2,1-3H3,(H2,25,26,27). The number of aliphatic imine (C=N–C) groups is 1. The van der Waals surface area contributed by atoms with Crippen LogP contribution in [0.15, 0.2) is 71.7 Å². The number of nitrogens with one attached hydrogen (secondary N) is 2. The molecule has 0 atom stereocenters. The minimum atomic E-state index is 0.00907. The van der Waals surface area contributed by atoms with Gasteiger partial charge in [0.2, 0.25) is 0 Å². The molecule has 0 heterocycles. The summed E-state index contributed by atoms with van der Waals surface area (Å²) in [6.45, 7) is 4.09. The number of fused-ring (bicyclic) bond motifs is 1. The number of carbonyl (C=O) groups excluding carboxylic acids is 1. The minimum Gasteiger partial charge on any atom is -0.357 e. The summed E-state index contributed by atoms with van der Waals surface area (Å²) in [7, 11) is 3.51. The highest BCUT2D eigenvalue weighted by molar-refractivity contribution is 5.93. The predicted octanol–water partition coefficient (Wildman–Crippen LogP) is 3.80. The summed E-state index contributed by atoms with van der Waals surface area (Å²) in [5, 5.41) is 9.11. The lowest BCUT2D eigenvalue weighted by atomic mass is 10.1.